The van der Waals surface area contributed by atoms with Crippen molar-refractivity contribution >= 4 is 15.6 Å². The lowest BCUT2D eigenvalue weighted by Crippen LogP contribution is -2.14. The number of hydrogen-bond acceptors (Lipinski definition) is 4. The average Bonchev–Trinajstić information content (AvgIpc) is 2.15. The van der Waals surface area contributed by atoms with E-state index >= 15 is 0 Å². The normalized spacial score (nSPS) is 13.6. The highest BCUT2D eigenvalue weighted by atomic mass is 32.2. The molecule has 2 N–H and O–H groups in total. The molecule has 0 amide bonds. The number of nitrogens with zero attached hydrogens (tertiary/aromatic N) is 2. The number of nitrogens with two attached hydrogens (primary N) is 1. The number of rotatable bonds is 2. The van der Waals surface area contributed by atoms with Gasteiger partial charge in [0.2, 0.25) is 10.0 Å². The number of hydrogen-bond donors (Lipinski definition) is 1. The number of aromatic nitrogens is 2. The molecule has 0 radical (unpaired) electrons. The Morgan fingerprint density at radius 3 is 2.20 bits per heavy atom. The van der Waals surface area contributed by atoms with Gasteiger partial charge in [0, 0.05) is 5.57 Å². The summed E-state index contributed by atoms with van der Waals surface area (Å²) in [6.07, 6.45) is 1.92. The van der Waals surface area contributed by atoms with Gasteiger partial charge in [-0.3, -0.25) is 0 Å². The third-order valence-electron chi connectivity index (χ3n) is 1.91. The summed E-state index contributed by atoms with van der Waals surface area (Å²) >= 11 is 0. The minimum absolute atomic E-state index is 0.0332. The molecule has 0 aromatic carbocycles. The minimum Gasteiger partial charge on any atom is -0.234 e. The van der Waals surface area contributed by atoms with Crippen molar-refractivity contribution in [1.82, 2.24) is 9.97 Å². The fraction of sp³-hybridized carbons (Fsp3) is 0.250. The van der Waals surface area contributed by atoms with E-state index in [1.807, 2.05) is 0 Å². The van der Waals surface area contributed by atoms with Crippen LogP contribution in [0.4, 0.5) is 4.39 Å². The molecule has 0 aliphatic rings. The first kappa shape index (κ1) is 11.7. The molecule has 0 aliphatic heterocycles. The third-order valence-corrected chi connectivity index (χ3v) is 3.07. The lowest BCUT2D eigenvalue weighted by molar-refractivity contribution is 0.603. The van der Waals surface area contributed by atoms with Crippen molar-refractivity contribution in [3.05, 3.63) is 28.9 Å². The number of allylic oxidation sites excluding steroid dienone is 2. The van der Waals surface area contributed by atoms with Gasteiger partial charge in [0.1, 0.15) is 0 Å². The van der Waals surface area contributed by atoms with Crippen LogP contribution in [0.1, 0.15) is 19.7 Å². The fourth-order valence-corrected chi connectivity index (χ4v) is 1.39. The molecule has 1 heterocycles. The van der Waals surface area contributed by atoms with Crippen LogP contribution in [-0.4, -0.2) is 18.4 Å². The molecule has 0 unspecified atom stereocenters. The summed E-state index contributed by atoms with van der Waals surface area (Å²) in [6.45, 7) is 2.85. The summed E-state index contributed by atoms with van der Waals surface area (Å²) < 4.78 is 34.5. The molecule has 7 heteroatoms. The van der Waals surface area contributed by atoms with E-state index in [1.165, 1.54) is 13.8 Å². The second kappa shape index (κ2) is 4.03. The summed E-state index contributed by atoms with van der Waals surface area (Å²) in [5, 5.41) is 4.93. The molecule has 0 aliphatic carbocycles. The first-order valence-electron chi connectivity index (χ1n) is 4.00. The van der Waals surface area contributed by atoms with Crippen LogP contribution in [0.25, 0.3) is 5.57 Å². The predicted octanol–water partition coefficient (Wildman–Crippen LogP) is 0.655. The van der Waals surface area contributed by atoms with E-state index in [2.05, 4.69) is 9.97 Å². The highest BCUT2D eigenvalue weighted by molar-refractivity contribution is 7.93. The van der Waals surface area contributed by atoms with Crippen LogP contribution in [0.15, 0.2) is 17.3 Å². The zero-order valence-corrected chi connectivity index (χ0v) is 9.05. The molecule has 5 nitrogen and oxygen atoms in total. The van der Waals surface area contributed by atoms with E-state index in [4.69, 9.17) is 5.14 Å². The van der Waals surface area contributed by atoms with Crippen molar-refractivity contribution in [3.63, 3.8) is 0 Å². The summed E-state index contributed by atoms with van der Waals surface area (Å²) in [7, 11) is -3.75. The number of primary sulfonamides is 1. The Hall–Kier alpha value is -1.34. The van der Waals surface area contributed by atoms with E-state index in [0.29, 0.717) is 5.57 Å². The van der Waals surface area contributed by atoms with Crippen LogP contribution in [0.3, 0.4) is 0 Å². The molecule has 0 saturated heterocycles. The average molecular weight is 231 g/mol. The first-order valence-corrected chi connectivity index (χ1v) is 5.55. The summed E-state index contributed by atoms with van der Waals surface area (Å²) in [6, 6.07) is 0. The van der Waals surface area contributed by atoms with Gasteiger partial charge in [-0.05, 0) is 13.8 Å². The van der Waals surface area contributed by atoms with E-state index < -0.39 is 15.8 Å². The van der Waals surface area contributed by atoms with E-state index in [9.17, 15) is 12.8 Å². The maximum atomic E-state index is 12.5. The first-order chi connectivity index (χ1) is 6.82. The van der Waals surface area contributed by atoms with Gasteiger partial charge in [-0.25, -0.2) is 27.9 Å². The fourth-order valence-electron chi connectivity index (χ4n) is 0.877. The van der Waals surface area contributed by atoms with Crippen LogP contribution in [0.5, 0.6) is 0 Å². The second-order valence-corrected chi connectivity index (χ2v) is 4.65. The lowest BCUT2D eigenvalue weighted by Gasteiger charge is -2.03. The van der Waals surface area contributed by atoms with E-state index in [1.54, 1.807) is 0 Å². The molecule has 0 saturated carbocycles. The van der Waals surface area contributed by atoms with Gasteiger partial charge in [0.05, 0.1) is 17.3 Å². The molecule has 1 aromatic rings. The third kappa shape index (κ3) is 2.80. The van der Waals surface area contributed by atoms with Crippen LogP contribution < -0.4 is 5.14 Å². The van der Waals surface area contributed by atoms with Crippen LogP contribution in [0, 0.1) is 5.82 Å². The highest BCUT2D eigenvalue weighted by Gasteiger charge is 2.12. The molecule has 0 spiro atoms. The Morgan fingerprint density at radius 2 is 1.80 bits per heavy atom. The zero-order valence-electron chi connectivity index (χ0n) is 8.23. The van der Waals surface area contributed by atoms with Gasteiger partial charge >= 0.3 is 0 Å². The molecule has 1 rings (SSSR count). The van der Waals surface area contributed by atoms with Gasteiger partial charge < -0.3 is 0 Å². The molecule has 0 fully saturated rings. The Bertz CT molecular complexity index is 493. The molecule has 1 aromatic heterocycles. The topological polar surface area (TPSA) is 85.9 Å². The van der Waals surface area contributed by atoms with Gasteiger partial charge in [0.25, 0.3) is 0 Å². The van der Waals surface area contributed by atoms with Gasteiger partial charge in [-0.15, -0.1) is 0 Å². The van der Waals surface area contributed by atoms with Crippen LogP contribution >= 0.6 is 0 Å². The van der Waals surface area contributed by atoms with Crippen molar-refractivity contribution < 1.29 is 12.8 Å². The molecular formula is C8H10FN3O2S. The standard InChI is InChI=1S/C8H10FN3O2S/c1-5(6(2)15(10,13)14)8-11-3-7(9)4-12-8/h3-4H,1-2H3,(H2,10,13,14)/b6-5+. The number of halogens is 1. The van der Waals surface area contributed by atoms with Crippen molar-refractivity contribution in [2.75, 3.05) is 0 Å². The Kier molecular flexibility index (Phi) is 3.15. The lowest BCUT2D eigenvalue weighted by atomic mass is 10.3. The molecule has 15 heavy (non-hydrogen) atoms. The van der Waals surface area contributed by atoms with Crippen LogP contribution in [0.2, 0.25) is 0 Å². The molecular weight excluding hydrogens is 221 g/mol. The SMILES string of the molecule is C/C(=C(/C)S(N)(=O)=O)c1ncc(F)cn1. The zero-order chi connectivity index (χ0) is 11.6. The van der Waals surface area contributed by atoms with Gasteiger partial charge in [-0.2, -0.15) is 0 Å². The quantitative estimate of drug-likeness (QED) is 0.809. The second-order valence-electron chi connectivity index (χ2n) is 2.95. The predicted molar refractivity (Wildman–Crippen MR) is 53.4 cm³/mol. The summed E-state index contributed by atoms with van der Waals surface area (Å²) in [5.41, 5.74) is 0.303. The molecule has 0 bridgehead atoms. The minimum atomic E-state index is -3.75. The van der Waals surface area contributed by atoms with Crippen molar-refractivity contribution in [1.29, 1.82) is 0 Å². The Morgan fingerprint density at radius 1 is 1.33 bits per heavy atom. The maximum absolute atomic E-state index is 12.5. The highest BCUT2D eigenvalue weighted by Crippen LogP contribution is 2.16. The Balaban J connectivity index is 3.25. The largest absolute Gasteiger partial charge is 0.234 e. The van der Waals surface area contributed by atoms with E-state index in [-0.39, 0.29) is 10.7 Å². The summed E-state index contributed by atoms with van der Waals surface area (Å²) in [5.74, 6) is -0.442. The van der Waals surface area contributed by atoms with Crippen molar-refractivity contribution in [2.45, 2.75) is 13.8 Å². The van der Waals surface area contributed by atoms with E-state index in [0.717, 1.165) is 12.4 Å². The van der Waals surface area contributed by atoms with Crippen molar-refractivity contribution in [3.8, 4) is 0 Å². The molecule has 82 valence electrons. The monoisotopic (exact) mass is 231 g/mol. The maximum Gasteiger partial charge on any atom is 0.234 e. The van der Waals surface area contributed by atoms with Crippen molar-refractivity contribution in [2.24, 2.45) is 5.14 Å². The molecule has 0 atom stereocenters. The smallest absolute Gasteiger partial charge is 0.234 e. The van der Waals surface area contributed by atoms with Gasteiger partial charge in [-0.1, -0.05) is 0 Å². The van der Waals surface area contributed by atoms with Crippen LogP contribution in [-0.2, 0) is 10.0 Å². The van der Waals surface area contributed by atoms with Gasteiger partial charge in [0.15, 0.2) is 11.6 Å². The number of sulfonamides is 1. The Labute approximate surface area is 86.9 Å². The summed E-state index contributed by atoms with van der Waals surface area (Å²) in [4.78, 5) is 7.26.